The molecule has 10 heteroatoms. The molecular weight excluding hydrogens is 459 g/mol. The Kier molecular flexibility index (Phi) is 7.18. The summed E-state index contributed by atoms with van der Waals surface area (Å²) in [4.78, 5) is 25.5. The average Bonchev–Trinajstić information content (AvgIpc) is 3.05. The minimum Gasteiger partial charge on any atom is -0.340 e. The highest BCUT2D eigenvalue weighted by Gasteiger charge is 2.28. The molecule has 0 bridgehead atoms. The Morgan fingerprint density at radius 3 is 2.43 bits per heavy atom. The summed E-state index contributed by atoms with van der Waals surface area (Å²) in [7, 11) is 0. The van der Waals surface area contributed by atoms with E-state index < -0.39 is 46.8 Å². The van der Waals surface area contributed by atoms with E-state index in [0.29, 0.717) is 12.4 Å². The molecule has 1 aliphatic heterocycles. The zero-order valence-electron chi connectivity index (χ0n) is 19.4. The lowest BCUT2D eigenvalue weighted by Gasteiger charge is -2.22. The second-order valence-electron chi connectivity index (χ2n) is 8.88. The number of rotatable bonds is 6. The van der Waals surface area contributed by atoms with Crippen LogP contribution >= 0.6 is 0 Å². The number of carbonyl (C=O) groups is 2. The van der Waals surface area contributed by atoms with Crippen molar-refractivity contribution in [2.24, 2.45) is 5.92 Å². The van der Waals surface area contributed by atoms with Gasteiger partial charge >= 0.3 is 0 Å². The summed E-state index contributed by atoms with van der Waals surface area (Å²) in [6, 6.07) is 6.06. The summed E-state index contributed by atoms with van der Waals surface area (Å²) >= 11 is 0. The lowest BCUT2D eigenvalue weighted by atomic mass is 10.0. The van der Waals surface area contributed by atoms with Gasteiger partial charge in [-0.3, -0.25) is 9.59 Å². The third-order valence-electron chi connectivity index (χ3n) is 6.01. The van der Waals surface area contributed by atoms with Crippen LogP contribution in [0.25, 0.3) is 11.4 Å². The number of nitrogens with one attached hydrogen (secondary N) is 2. The van der Waals surface area contributed by atoms with E-state index in [2.05, 4.69) is 20.8 Å². The molecule has 2 amide bonds. The first-order valence-corrected chi connectivity index (χ1v) is 11.5. The Balaban J connectivity index is 1.56. The molecule has 1 aliphatic rings. The Morgan fingerprint density at radius 1 is 0.971 bits per heavy atom. The summed E-state index contributed by atoms with van der Waals surface area (Å²) in [6.45, 7) is 4.05. The zero-order chi connectivity index (χ0) is 25.1. The fraction of sp³-hybridized carbons (Fsp3) is 0.360. The SMILES string of the molecule is CC(C)C(NC(=O)c1c(F)cccc1F)C(=O)Nc1ccc(F)c(-c2nnc3n2CCCCC3)c1. The zero-order valence-corrected chi connectivity index (χ0v) is 19.4. The number of amides is 2. The van der Waals surface area contributed by atoms with Crippen molar-refractivity contribution >= 4 is 17.5 Å². The molecule has 0 saturated carbocycles. The number of anilines is 1. The largest absolute Gasteiger partial charge is 0.340 e. The lowest BCUT2D eigenvalue weighted by Crippen LogP contribution is -2.47. The summed E-state index contributed by atoms with van der Waals surface area (Å²) in [5.41, 5.74) is -0.279. The molecule has 0 spiro atoms. The molecular formula is C25H26F3N5O2. The predicted octanol–water partition coefficient (Wildman–Crippen LogP) is 4.48. The van der Waals surface area contributed by atoms with Gasteiger partial charge in [-0.25, -0.2) is 13.2 Å². The highest BCUT2D eigenvalue weighted by molar-refractivity contribution is 6.01. The Morgan fingerprint density at radius 2 is 1.71 bits per heavy atom. The summed E-state index contributed by atoms with van der Waals surface area (Å²) in [5.74, 6) is -3.43. The van der Waals surface area contributed by atoms with E-state index in [1.54, 1.807) is 13.8 Å². The van der Waals surface area contributed by atoms with E-state index in [1.807, 2.05) is 4.57 Å². The van der Waals surface area contributed by atoms with Crippen molar-refractivity contribution in [2.45, 2.75) is 52.1 Å². The van der Waals surface area contributed by atoms with E-state index >= 15 is 0 Å². The van der Waals surface area contributed by atoms with Crippen molar-refractivity contribution in [3.63, 3.8) is 0 Å². The van der Waals surface area contributed by atoms with E-state index in [4.69, 9.17) is 0 Å². The molecule has 0 fully saturated rings. The van der Waals surface area contributed by atoms with Crippen molar-refractivity contribution in [3.8, 4) is 11.4 Å². The second kappa shape index (κ2) is 10.3. The Bertz CT molecular complexity index is 1240. The summed E-state index contributed by atoms with van der Waals surface area (Å²) in [5, 5.41) is 13.4. The number of carbonyl (C=O) groups excluding carboxylic acids is 2. The van der Waals surface area contributed by atoms with Crippen LogP contribution in [0.15, 0.2) is 36.4 Å². The van der Waals surface area contributed by atoms with E-state index in [9.17, 15) is 22.8 Å². The smallest absolute Gasteiger partial charge is 0.257 e. The molecule has 4 rings (SSSR count). The van der Waals surface area contributed by atoms with Gasteiger partial charge in [-0.1, -0.05) is 26.3 Å². The Hall–Kier alpha value is -3.69. The van der Waals surface area contributed by atoms with Crippen molar-refractivity contribution in [1.29, 1.82) is 0 Å². The van der Waals surface area contributed by atoms with Crippen LogP contribution < -0.4 is 10.6 Å². The van der Waals surface area contributed by atoms with E-state index in [1.165, 1.54) is 18.2 Å². The number of hydrogen-bond acceptors (Lipinski definition) is 4. The molecule has 35 heavy (non-hydrogen) atoms. The molecule has 0 saturated heterocycles. The number of aryl methyl sites for hydroxylation is 1. The molecule has 1 unspecified atom stereocenters. The Labute approximate surface area is 200 Å². The molecule has 0 radical (unpaired) electrons. The number of halogens is 3. The maximum atomic E-state index is 14.7. The number of hydrogen-bond donors (Lipinski definition) is 2. The minimum atomic E-state index is -1.10. The number of benzene rings is 2. The van der Waals surface area contributed by atoms with Crippen LogP contribution in [0.1, 0.15) is 49.3 Å². The van der Waals surface area contributed by atoms with E-state index in [-0.39, 0.29) is 11.3 Å². The van der Waals surface area contributed by atoms with Gasteiger partial charge in [0, 0.05) is 18.7 Å². The molecule has 2 N–H and O–H groups in total. The topological polar surface area (TPSA) is 88.9 Å². The van der Waals surface area contributed by atoms with E-state index in [0.717, 1.165) is 49.7 Å². The fourth-order valence-electron chi connectivity index (χ4n) is 4.14. The molecule has 1 aromatic heterocycles. The monoisotopic (exact) mass is 485 g/mol. The van der Waals surface area contributed by atoms with Crippen molar-refractivity contribution in [2.75, 3.05) is 5.32 Å². The normalized spacial score (nSPS) is 14.2. The molecule has 2 aromatic carbocycles. The highest BCUT2D eigenvalue weighted by atomic mass is 19.1. The average molecular weight is 486 g/mol. The first kappa shape index (κ1) is 24.4. The molecule has 2 heterocycles. The number of nitrogens with zero attached hydrogens (tertiary/aromatic N) is 3. The van der Waals surface area contributed by atoms with Gasteiger partial charge in [0.25, 0.3) is 5.91 Å². The first-order valence-electron chi connectivity index (χ1n) is 11.5. The van der Waals surface area contributed by atoms with Crippen molar-refractivity contribution < 1.29 is 22.8 Å². The molecule has 1 atom stereocenters. The third-order valence-corrected chi connectivity index (χ3v) is 6.01. The molecule has 184 valence electrons. The van der Waals surface area contributed by atoms with Gasteiger partial charge in [0.05, 0.1) is 5.56 Å². The lowest BCUT2D eigenvalue weighted by molar-refractivity contribution is -0.118. The predicted molar refractivity (Wildman–Crippen MR) is 124 cm³/mol. The second-order valence-corrected chi connectivity index (χ2v) is 8.88. The van der Waals surface area contributed by atoms with Gasteiger partial charge in [0.1, 0.15) is 34.9 Å². The van der Waals surface area contributed by atoms with Crippen LogP contribution in [0.2, 0.25) is 0 Å². The molecule has 0 aliphatic carbocycles. The summed E-state index contributed by atoms with van der Waals surface area (Å²) in [6.07, 6.45) is 3.76. The van der Waals surface area contributed by atoms with Gasteiger partial charge in [-0.05, 0) is 49.1 Å². The van der Waals surface area contributed by atoms with Crippen LogP contribution in [0, 0.1) is 23.4 Å². The fourth-order valence-corrected chi connectivity index (χ4v) is 4.14. The van der Waals surface area contributed by atoms with Crippen molar-refractivity contribution in [1.82, 2.24) is 20.1 Å². The van der Waals surface area contributed by atoms with Gasteiger partial charge < -0.3 is 15.2 Å². The summed E-state index contributed by atoms with van der Waals surface area (Å²) < 4.78 is 44.7. The van der Waals surface area contributed by atoms with Gasteiger partial charge in [0.15, 0.2) is 5.82 Å². The highest BCUT2D eigenvalue weighted by Crippen LogP contribution is 2.28. The number of aromatic nitrogens is 3. The van der Waals surface area contributed by atoms with Crippen LogP contribution in [0.3, 0.4) is 0 Å². The maximum absolute atomic E-state index is 14.7. The molecule has 7 nitrogen and oxygen atoms in total. The van der Waals surface area contributed by atoms with Crippen LogP contribution in [0.4, 0.5) is 18.9 Å². The van der Waals surface area contributed by atoms with Gasteiger partial charge in [0.2, 0.25) is 5.91 Å². The van der Waals surface area contributed by atoms with Gasteiger partial charge in [-0.15, -0.1) is 10.2 Å². The maximum Gasteiger partial charge on any atom is 0.257 e. The quantitative estimate of drug-likeness (QED) is 0.539. The van der Waals surface area contributed by atoms with Crippen LogP contribution in [-0.2, 0) is 17.8 Å². The van der Waals surface area contributed by atoms with Crippen LogP contribution in [-0.4, -0.2) is 32.6 Å². The first-order chi connectivity index (χ1) is 16.8. The molecule has 3 aromatic rings. The standard InChI is InChI=1S/C25H26F3N5O2/c1-14(2)22(30-24(34)21-18(27)7-6-8-19(21)28)25(35)29-15-10-11-17(26)16(13-15)23-32-31-20-9-4-3-5-12-33(20)23/h6-8,10-11,13-14,22H,3-5,9,12H2,1-2H3,(H,29,35)(H,30,34). The third kappa shape index (κ3) is 5.21. The van der Waals surface area contributed by atoms with Crippen molar-refractivity contribution in [3.05, 3.63) is 65.2 Å². The minimum absolute atomic E-state index is 0.196. The number of fused-ring (bicyclic) bond motifs is 1. The van der Waals surface area contributed by atoms with Gasteiger partial charge in [-0.2, -0.15) is 0 Å². The van der Waals surface area contributed by atoms with Crippen LogP contribution in [0.5, 0.6) is 0 Å².